The van der Waals surface area contributed by atoms with Gasteiger partial charge in [-0.1, -0.05) is 17.8 Å². The summed E-state index contributed by atoms with van der Waals surface area (Å²) in [5.74, 6) is -0.0752. The molecule has 2 amide bonds. The number of thiophene rings is 1. The Hall–Kier alpha value is -3.28. The fourth-order valence-electron chi connectivity index (χ4n) is 3.02. The van der Waals surface area contributed by atoms with Crippen molar-refractivity contribution in [2.75, 3.05) is 0 Å². The van der Waals surface area contributed by atoms with E-state index in [1.165, 1.54) is 23.5 Å². The van der Waals surface area contributed by atoms with E-state index in [1.54, 1.807) is 43.5 Å². The lowest BCUT2D eigenvalue weighted by Crippen LogP contribution is -2.44. The van der Waals surface area contributed by atoms with Crippen LogP contribution >= 0.6 is 35.3 Å². The van der Waals surface area contributed by atoms with Gasteiger partial charge in [0.05, 0.1) is 14.7 Å². The van der Waals surface area contributed by atoms with Crippen LogP contribution in [0, 0.1) is 24.0 Å². The third kappa shape index (κ3) is 4.22. The Balaban J connectivity index is 1.56. The van der Waals surface area contributed by atoms with E-state index in [4.69, 9.17) is 16.6 Å². The van der Waals surface area contributed by atoms with Crippen LogP contribution < -0.4 is 5.43 Å². The van der Waals surface area contributed by atoms with Crippen molar-refractivity contribution in [2.45, 2.75) is 13.8 Å². The summed E-state index contributed by atoms with van der Waals surface area (Å²) in [5.41, 5.74) is 4.46. The van der Waals surface area contributed by atoms with Crippen LogP contribution in [-0.2, 0) is 4.79 Å². The van der Waals surface area contributed by atoms with Crippen molar-refractivity contribution in [2.24, 2.45) is 0 Å². The number of rotatable bonds is 5. The number of nitro benzene ring substituents is 1. The molecule has 1 N–H and O–H groups in total. The zero-order chi connectivity index (χ0) is 23.0. The molecular weight excluding hydrogens is 470 g/mol. The fraction of sp³-hybridized carbons (Fsp3) is 0.0952. The molecule has 0 aliphatic carbocycles. The molecule has 0 bridgehead atoms. The smallest absolute Gasteiger partial charge is 0.285 e. The van der Waals surface area contributed by atoms with Crippen LogP contribution in [-0.4, -0.2) is 26.1 Å². The molecule has 2 aromatic heterocycles. The number of aryl methyl sites for hydroxylation is 1. The molecule has 4 rings (SSSR count). The molecule has 1 aliphatic rings. The van der Waals surface area contributed by atoms with Crippen LogP contribution in [0.3, 0.4) is 0 Å². The Morgan fingerprint density at radius 3 is 2.75 bits per heavy atom. The third-order valence-corrected chi connectivity index (χ3v) is 6.94. The Labute approximate surface area is 196 Å². The molecule has 3 heterocycles. The Morgan fingerprint density at radius 2 is 2.06 bits per heavy atom. The molecule has 8 nitrogen and oxygen atoms in total. The number of thiocarbonyl (C=S) groups is 1. The average molecular weight is 486 g/mol. The zero-order valence-corrected chi connectivity index (χ0v) is 19.2. The monoisotopic (exact) mass is 485 g/mol. The van der Waals surface area contributed by atoms with E-state index < -0.39 is 16.7 Å². The molecule has 1 aromatic carbocycles. The summed E-state index contributed by atoms with van der Waals surface area (Å²) in [5, 5.41) is 14.1. The van der Waals surface area contributed by atoms with Crippen molar-refractivity contribution in [3.8, 4) is 11.3 Å². The van der Waals surface area contributed by atoms with Gasteiger partial charge in [0.15, 0.2) is 4.32 Å². The molecule has 32 heavy (non-hydrogen) atoms. The molecule has 162 valence electrons. The van der Waals surface area contributed by atoms with Crippen LogP contribution in [0.15, 0.2) is 51.1 Å². The standard InChI is InChI=1S/C21H15N3O5S3/c1-11-8-13(9-15(12(11)2)24(27)28)16-6-5-14(29-16)10-18-20(26)23(21(30)32-18)22-19(25)17-4-3-7-31-17/h3-10H,1-2H3,(H,22,25)/b18-10+. The predicted octanol–water partition coefficient (Wildman–Crippen LogP) is 5.08. The molecule has 0 radical (unpaired) electrons. The Morgan fingerprint density at radius 1 is 1.28 bits per heavy atom. The molecule has 0 spiro atoms. The highest BCUT2D eigenvalue weighted by atomic mass is 32.2. The number of hydrogen-bond acceptors (Lipinski definition) is 8. The van der Waals surface area contributed by atoms with Gasteiger partial charge in [0, 0.05) is 23.3 Å². The highest BCUT2D eigenvalue weighted by Gasteiger charge is 2.34. The molecule has 11 heteroatoms. The highest BCUT2D eigenvalue weighted by molar-refractivity contribution is 8.26. The number of hydrogen-bond donors (Lipinski definition) is 1. The number of carbonyl (C=O) groups excluding carboxylic acids is 2. The van der Waals surface area contributed by atoms with E-state index in [-0.39, 0.29) is 14.9 Å². The summed E-state index contributed by atoms with van der Waals surface area (Å²) in [6, 6.07) is 10.00. The van der Waals surface area contributed by atoms with Crippen LogP contribution in [0.4, 0.5) is 5.69 Å². The van der Waals surface area contributed by atoms with Crippen molar-refractivity contribution >= 4 is 63.2 Å². The van der Waals surface area contributed by atoms with Crippen LogP contribution in [0.1, 0.15) is 26.6 Å². The Kier molecular flexibility index (Phi) is 5.96. The van der Waals surface area contributed by atoms with Crippen molar-refractivity contribution in [1.82, 2.24) is 10.4 Å². The van der Waals surface area contributed by atoms with Gasteiger partial charge in [-0.3, -0.25) is 25.1 Å². The predicted molar refractivity (Wildman–Crippen MR) is 127 cm³/mol. The van der Waals surface area contributed by atoms with E-state index in [0.29, 0.717) is 27.5 Å². The minimum atomic E-state index is -0.468. The lowest BCUT2D eigenvalue weighted by Gasteiger charge is -2.14. The van der Waals surface area contributed by atoms with Crippen molar-refractivity contribution in [3.63, 3.8) is 0 Å². The fourth-order valence-corrected chi connectivity index (χ4v) is 4.79. The van der Waals surface area contributed by atoms with Gasteiger partial charge in [-0.25, -0.2) is 0 Å². The molecule has 0 saturated carbocycles. The number of nitrogens with one attached hydrogen (secondary N) is 1. The summed E-state index contributed by atoms with van der Waals surface area (Å²) in [6.45, 7) is 3.50. The lowest BCUT2D eigenvalue weighted by molar-refractivity contribution is -0.385. The number of furan rings is 1. The minimum absolute atomic E-state index is 0.0142. The van der Waals surface area contributed by atoms with Gasteiger partial charge in [0.25, 0.3) is 17.5 Å². The number of carbonyl (C=O) groups is 2. The summed E-state index contributed by atoms with van der Waals surface area (Å²) in [7, 11) is 0. The van der Waals surface area contributed by atoms with Crippen LogP contribution in [0.25, 0.3) is 17.4 Å². The molecule has 0 unspecified atom stereocenters. The molecule has 1 aliphatic heterocycles. The average Bonchev–Trinajstić information content (AvgIpc) is 3.48. The number of nitro groups is 1. The SMILES string of the molecule is Cc1cc(-c2ccc(/C=C3/SC(=S)N(NC(=O)c4cccs4)C3=O)o2)cc([N+](=O)[O-])c1C. The van der Waals surface area contributed by atoms with Crippen molar-refractivity contribution in [1.29, 1.82) is 0 Å². The Bertz CT molecular complexity index is 1290. The van der Waals surface area contributed by atoms with Crippen molar-refractivity contribution < 1.29 is 18.9 Å². The van der Waals surface area contributed by atoms with Crippen LogP contribution in [0.2, 0.25) is 0 Å². The molecule has 3 aromatic rings. The van der Waals surface area contributed by atoms with Gasteiger partial charge in [-0.2, -0.15) is 5.01 Å². The van der Waals surface area contributed by atoms with Gasteiger partial charge in [0.2, 0.25) is 0 Å². The van der Waals surface area contributed by atoms with E-state index in [0.717, 1.165) is 22.3 Å². The first-order valence-corrected chi connectivity index (χ1v) is 11.3. The second-order valence-corrected chi connectivity index (χ2v) is 9.46. The van der Waals surface area contributed by atoms with Gasteiger partial charge in [-0.15, -0.1) is 11.3 Å². The van der Waals surface area contributed by atoms with E-state index >= 15 is 0 Å². The van der Waals surface area contributed by atoms with E-state index in [1.807, 2.05) is 6.07 Å². The molecule has 0 atom stereocenters. The summed E-state index contributed by atoms with van der Waals surface area (Å²) < 4.78 is 6.01. The van der Waals surface area contributed by atoms with Crippen molar-refractivity contribution in [3.05, 3.63) is 78.6 Å². The summed E-state index contributed by atoms with van der Waals surface area (Å²) in [6.07, 6.45) is 1.52. The first-order chi connectivity index (χ1) is 15.2. The van der Waals surface area contributed by atoms with Gasteiger partial charge in [-0.05, 0) is 61.3 Å². The second-order valence-electron chi connectivity index (χ2n) is 6.83. The normalized spacial score (nSPS) is 14.9. The van der Waals surface area contributed by atoms with Gasteiger partial charge in [0.1, 0.15) is 11.5 Å². The number of nitrogens with zero attached hydrogens (tertiary/aromatic N) is 2. The van der Waals surface area contributed by atoms with E-state index in [2.05, 4.69) is 5.43 Å². The summed E-state index contributed by atoms with van der Waals surface area (Å²) >= 11 is 7.52. The lowest BCUT2D eigenvalue weighted by atomic mass is 10.0. The highest BCUT2D eigenvalue weighted by Crippen LogP contribution is 2.34. The minimum Gasteiger partial charge on any atom is -0.457 e. The molecular formula is C21H15N3O5S3. The first kappa shape index (κ1) is 21.9. The topological polar surface area (TPSA) is 106 Å². The maximum absolute atomic E-state index is 12.7. The van der Waals surface area contributed by atoms with Gasteiger partial charge < -0.3 is 4.42 Å². The number of hydrazine groups is 1. The second kappa shape index (κ2) is 8.69. The molecule has 1 fully saturated rings. The number of benzene rings is 1. The number of thioether (sulfide) groups is 1. The van der Waals surface area contributed by atoms with Crippen LogP contribution in [0.5, 0.6) is 0 Å². The summed E-state index contributed by atoms with van der Waals surface area (Å²) in [4.78, 5) is 36.6. The van der Waals surface area contributed by atoms with Gasteiger partial charge >= 0.3 is 0 Å². The first-order valence-electron chi connectivity index (χ1n) is 9.23. The van der Waals surface area contributed by atoms with E-state index in [9.17, 15) is 19.7 Å². The molecule has 1 saturated heterocycles. The number of amides is 2. The maximum Gasteiger partial charge on any atom is 0.285 e. The zero-order valence-electron chi connectivity index (χ0n) is 16.8. The quantitative estimate of drug-likeness (QED) is 0.232. The third-order valence-electron chi connectivity index (χ3n) is 4.77. The largest absolute Gasteiger partial charge is 0.457 e. The maximum atomic E-state index is 12.7.